The van der Waals surface area contributed by atoms with Crippen molar-refractivity contribution >= 4 is 46.4 Å². The van der Waals surface area contributed by atoms with E-state index < -0.39 is 0 Å². The highest BCUT2D eigenvalue weighted by Gasteiger charge is 2.22. The molecule has 0 radical (unpaired) electrons. The van der Waals surface area contributed by atoms with Gasteiger partial charge in [-0.1, -0.05) is 23.2 Å². The maximum atomic E-state index is 12.8. The Hall–Kier alpha value is -3.94. The number of amides is 2. The molecule has 1 saturated heterocycles. The zero-order chi connectivity index (χ0) is 26.6. The van der Waals surface area contributed by atoms with E-state index in [2.05, 4.69) is 10.2 Å². The Morgan fingerprint density at radius 1 is 0.842 bits per heavy atom. The van der Waals surface area contributed by atoms with Crippen LogP contribution >= 0.6 is 23.2 Å². The van der Waals surface area contributed by atoms with Crippen LogP contribution in [-0.2, 0) is 0 Å². The molecule has 1 aliphatic rings. The number of rotatable bonds is 6. The third-order valence-electron chi connectivity index (χ3n) is 6.43. The van der Waals surface area contributed by atoms with Crippen molar-refractivity contribution in [3.8, 4) is 17.1 Å². The summed E-state index contributed by atoms with van der Waals surface area (Å²) in [7, 11) is 1.60. The molecule has 194 valence electrons. The summed E-state index contributed by atoms with van der Waals surface area (Å²) >= 11 is 12.1. The Morgan fingerprint density at radius 2 is 1.55 bits per heavy atom. The molecule has 4 aromatic rings. The lowest BCUT2D eigenvalue weighted by Crippen LogP contribution is -2.48. The van der Waals surface area contributed by atoms with E-state index in [1.165, 1.54) is 0 Å². The molecule has 1 aromatic heterocycles. The number of methoxy groups -OCH3 is 1. The molecule has 0 atom stereocenters. The standard InChI is InChI=1S/C29H25Cl2N3O4/c1-37-23-9-2-19(3-10-23)29(36)34-16-14-33(15-17-34)22-7-5-21(6-8-22)32-28(35)27-13-12-26(38-27)20-4-11-24(30)25(31)18-20/h2-13,18H,14-17H2,1H3,(H,32,35). The minimum Gasteiger partial charge on any atom is -0.497 e. The summed E-state index contributed by atoms with van der Waals surface area (Å²) in [4.78, 5) is 29.6. The van der Waals surface area contributed by atoms with Crippen molar-refractivity contribution in [3.05, 3.63) is 100 Å². The molecule has 0 saturated carbocycles. The highest BCUT2D eigenvalue weighted by molar-refractivity contribution is 6.42. The van der Waals surface area contributed by atoms with Gasteiger partial charge in [0.1, 0.15) is 11.5 Å². The number of carbonyl (C=O) groups is 2. The maximum Gasteiger partial charge on any atom is 0.291 e. The van der Waals surface area contributed by atoms with Crippen molar-refractivity contribution in [1.29, 1.82) is 0 Å². The largest absolute Gasteiger partial charge is 0.497 e. The number of ether oxygens (including phenoxy) is 1. The number of hydrogen-bond donors (Lipinski definition) is 1. The van der Waals surface area contributed by atoms with E-state index in [-0.39, 0.29) is 17.6 Å². The van der Waals surface area contributed by atoms with Gasteiger partial charge in [-0.15, -0.1) is 0 Å². The van der Waals surface area contributed by atoms with Gasteiger partial charge in [-0.05, 0) is 78.9 Å². The van der Waals surface area contributed by atoms with Crippen molar-refractivity contribution in [2.24, 2.45) is 0 Å². The van der Waals surface area contributed by atoms with Crippen molar-refractivity contribution in [3.63, 3.8) is 0 Å². The second-order valence-corrected chi connectivity index (χ2v) is 9.62. The Kier molecular flexibility index (Phi) is 7.58. The summed E-state index contributed by atoms with van der Waals surface area (Å²) in [5, 5.41) is 3.73. The van der Waals surface area contributed by atoms with Gasteiger partial charge in [-0.25, -0.2) is 0 Å². The van der Waals surface area contributed by atoms with Crippen LogP contribution in [0, 0.1) is 0 Å². The molecule has 9 heteroatoms. The Labute approximate surface area is 230 Å². The van der Waals surface area contributed by atoms with Crippen molar-refractivity contribution in [1.82, 2.24) is 4.90 Å². The lowest BCUT2D eigenvalue weighted by molar-refractivity contribution is 0.0746. The van der Waals surface area contributed by atoms with Crippen LogP contribution in [0.15, 0.2) is 83.3 Å². The van der Waals surface area contributed by atoms with Crippen molar-refractivity contribution in [2.45, 2.75) is 0 Å². The number of piperazine rings is 1. The Balaban J connectivity index is 1.16. The first-order chi connectivity index (χ1) is 18.4. The number of hydrogen-bond acceptors (Lipinski definition) is 5. The minimum absolute atomic E-state index is 0.0191. The molecule has 0 bridgehead atoms. The fourth-order valence-corrected chi connectivity index (χ4v) is 4.59. The highest BCUT2D eigenvalue weighted by atomic mass is 35.5. The number of benzene rings is 3. The average Bonchev–Trinajstić information content (AvgIpc) is 3.45. The van der Waals surface area contributed by atoms with E-state index in [1.807, 2.05) is 29.2 Å². The molecule has 2 amide bonds. The molecule has 0 aliphatic carbocycles. The van der Waals surface area contributed by atoms with E-state index in [0.29, 0.717) is 40.1 Å². The summed E-state index contributed by atoms with van der Waals surface area (Å²) in [5.74, 6) is 1.10. The van der Waals surface area contributed by atoms with Gasteiger partial charge in [0, 0.05) is 48.7 Å². The zero-order valence-corrected chi connectivity index (χ0v) is 22.1. The van der Waals surface area contributed by atoms with Crippen LogP contribution in [0.3, 0.4) is 0 Å². The van der Waals surface area contributed by atoms with Gasteiger partial charge in [0.05, 0.1) is 17.2 Å². The van der Waals surface area contributed by atoms with Gasteiger partial charge in [-0.3, -0.25) is 9.59 Å². The van der Waals surface area contributed by atoms with E-state index in [1.54, 1.807) is 61.7 Å². The number of carbonyl (C=O) groups excluding carboxylic acids is 2. The summed E-state index contributed by atoms with van der Waals surface area (Å²) < 4.78 is 10.9. The molecule has 7 nitrogen and oxygen atoms in total. The Morgan fingerprint density at radius 3 is 2.21 bits per heavy atom. The highest BCUT2D eigenvalue weighted by Crippen LogP contribution is 2.30. The van der Waals surface area contributed by atoms with Crippen LogP contribution < -0.4 is 15.0 Å². The fourth-order valence-electron chi connectivity index (χ4n) is 4.30. The molecule has 3 aromatic carbocycles. The predicted molar refractivity (Wildman–Crippen MR) is 150 cm³/mol. The third-order valence-corrected chi connectivity index (χ3v) is 7.17. The van der Waals surface area contributed by atoms with Crippen molar-refractivity contribution in [2.75, 3.05) is 43.5 Å². The number of anilines is 2. The summed E-state index contributed by atoms with van der Waals surface area (Å²) in [6.07, 6.45) is 0. The van der Waals surface area contributed by atoms with E-state index in [0.717, 1.165) is 30.1 Å². The van der Waals surface area contributed by atoms with E-state index >= 15 is 0 Å². The maximum absolute atomic E-state index is 12.8. The van der Waals surface area contributed by atoms with Gasteiger partial charge in [-0.2, -0.15) is 0 Å². The monoisotopic (exact) mass is 549 g/mol. The normalized spacial score (nSPS) is 13.3. The molecular formula is C29H25Cl2N3O4. The molecule has 0 spiro atoms. The molecule has 2 heterocycles. The molecule has 5 rings (SSSR count). The summed E-state index contributed by atoms with van der Waals surface area (Å²) in [6, 6.07) is 23.3. The van der Waals surface area contributed by atoms with Crippen LogP contribution in [0.2, 0.25) is 10.0 Å². The lowest BCUT2D eigenvalue weighted by Gasteiger charge is -2.36. The number of furan rings is 1. The van der Waals surface area contributed by atoms with Gasteiger partial charge < -0.3 is 24.3 Å². The predicted octanol–water partition coefficient (Wildman–Crippen LogP) is 6.48. The summed E-state index contributed by atoms with van der Waals surface area (Å²) in [6.45, 7) is 2.70. The molecule has 38 heavy (non-hydrogen) atoms. The fraction of sp³-hybridized carbons (Fsp3) is 0.172. The molecule has 1 aliphatic heterocycles. The molecule has 1 fully saturated rings. The van der Waals surface area contributed by atoms with Crippen LogP contribution in [0.1, 0.15) is 20.9 Å². The lowest BCUT2D eigenvalue weighted by atomic mass is 10.1. The molecular weight excluding hydrogens is 525 g/mol. The van der Waals surface area contributed by atoms with Crippen LogP contribution in [0.5, 0.6) is 5.75 Å². The first-order valence-corrected chi connectivity index (χ1v) is 12.8. The smallest absolute Gasteiger partial charge is 0.291 e. The first-order valence-electron chi connectivity index (χ1n) is 12.1. The topological polar surface area (TPSA) is 75.0 Å². The van der Waals surface area contributed by atoms with Gasteiger partial charge >= 0.3 is 0 Å². The Bertz CT molecular complexity index is 1440. The SMILES string of the molecule is COc1ccc(C(=O)N2CCN(c3ccc(NC(=O)c4ccc(-c5ccc(Cl)c(Cl)c5)o4)cc3)CC2)cc1. The van der Waals surface area contributed by atoms with Crippen LogP contribution in [0.25, 0.3) is 11.3 Å². The average molecular weight is 550 g/mol. The second kappa shape index (κ2) is 11.2. The van der Waals surface area contributed by atoms with Crippen LogP contribution in [-0.4, -0.2) is 50.0 Å². The van der Waals surface area contributed by atoms with Crippen LogP contribution in [0.4, 0.5) is 11.4 Å². The summed E-state index contributed by atoms with van der Waals surface area (Å²) in [5.41, 5.74) is 3.06. The van der Waals surface area contributed by atoms with E-state index in [4.69, 9.17) is 32.4 Å². The number of halogens is 2. The van der Waals surface area contributed by atoms with Gasteiger partial charge in [0.25, 0.3) is 11.8 Å². The number of nitrogens with zero attached hydrogens (tertiary/aromatic N) is 2. The molecule has 0 unspecified atom stereocenters. The number of nitrogens with one attached hydrogen (secondary N) is 1. The third kappa shape index (κ3) is 5.64. The van der Waals surface area contributed by atoms with Gasteiger partial charge in [0.2, 0.25) is 0 Å². The second-order valence-electron chi connectivity index (χ2n) is 8.80. The van der Waals surface area contributed by atoms with Crippen molar-refractivity contribution < 1.29 is 18.7 Å². The minimum atomic E-state index is -0.352. The van der Waals surface area contributed by atoms with E-state index in [9.17, 15) is 9.59 Å². The first kappa shape index (κ1) is 25.7. The van der Waals surface area contributed by atoms with Gasteiger partial charge in [0.15, 0.2) is 5.76 Å². The quantitative estimate of drug-likeness (QED) is 0.298. The zero-order valence-electron chi connectivity index (χ0n) is 20.6. The molecule has 1 N–H and O–H groups in total.